The molecule has 0 atom stereocenters. The topological polar surface area (TPSA) is 174 Å². The van der Waals surface area contributed by atoms with E-state index < -0.39 is 46.8 Å². The van der Waals surface area contributed by atoms with Crippen LogP contribution >= 0.6 is 15.6 Å². The van der Waals surface area contributed by atoms with Gasteiger partial charge in [-0.05, 0) is 0 Å². The number of phosphoric acid groups is 2. The minimum Gasteiger partial charge on any atom is -0.509 e. The number of aliphatic hydroxyl groups excluding tert-OH is 2. The quantitative estimate of drug-likeness (QED) is 0.275. The lowest BCUT2D eigenvalue weighted by molar-refractivity contribution is 0.168. The molecule has 0 aliphatic carbocycles. The van der Waals surface area contributed by atoms with Gasteiger partial charge in [-0.2, -0.15) is 0 Å². The molecular weight excluding hydrogens is 282 g/mol. The molecular formula is C5H12O10P2. The van der Waals surface area contributed by atoms with E-state index in [1.54, 1.807) is 0 Å². The monoisotopic (exact) mass is 294 g/mol. The Balaban J connectivity index is 4.13. The predicted octanol–water partition coefficient (Wildman–Crippen LogP) is -0.0773. The van der Waals surface area contributed by atoms with E-state index in [1.807, 2.05) is 0 Å². The zero-order valence-corrected chi connectivity index (χ0v) is 10.1. The van der Waals surface area contributed by atoms with Crippen LogP contribution in [0.3, 0.4) is 0 Å². The number of hydrogen-bond donors (Lipinski definition) is 6. The molecule has 0 bridgehead atoms. The number of rotatable bonds is 7. The summed E-state index contributed by atoms with van der Waals surface area (Å²) < 4.78 is 28.3. The molecule has 0 heterocycles. The maximum Gasteiger partial charge on any atom is 0.470 e. The molecule has 0 saturated heterocycles. The molecule has 0 aliphatic heterocycles. The summed E-state index contributed by atoms with van der Waals surface area (Å²) in [6.07, 6.45) is -0.457. The summed E-state index contributed by atoms with van der Waals surface area (Å²) in [5.41, 5.74) is 0. The van der Waals surface area contributed by atoms with Crippen LogP contribution in [0.4, 0.5) is 0 Å². The average Bonchev–Trinajstić information content (AvgIpc) is 2.10. The first-order valence-corrected chi connectivity index (χ1v) is 7.07. The van der Waals surface area contributed by atoms with Crippen molar-refractivity contribution < 1.29 is 48.0 Å². The van der Waals surface area contributed by atoms with Gasteiger partial charge in [-0.15, -0.1) is 0 Å². The smallest absolute Gasteiger partial charge is 0.470 e. The summed E-state index contributed by atoms with van der Waals surface area (Å²) in [6, 6.07) is 0. The highest BCUT2D eigenvalue weighted by Gasteiger charge is 2.17. The first-order valence-electron chi connectivity index (χ1n) is 4.01. The van der Waals surface area contributed by atoms with E-state index in [-0.39, 0.29) is 0 Å². The molecule has 0 radical (unpaired) electrons. The molecule has 0 aromatic carbocycles. The summed E-state index contributed by atoms with van der Waals surface area (Å²) in [5.74, 6) is -1.63. The molecule has 0 aromatic rings. The molecule has 102 valence electrons. The second-order valence-electron chi connectivity index (χ2n) is 2.73. The van der Waals surface area contributed by atoms with E-state index in [9.17, 15) is 9.13 Å². The van der Waals surface area contributed by atoms with E-state index in [1.165, 1.54) is 0 Å². The molecule has 12 heteroatoms. The minimum atomic E-state index is -4.77. The first-order chi connectivity index (χ1) is 7.51. The summed E-state index contributed by atoms with van der Waals surface area (Å²) in [5, 5.41) is 18.1. The number of aliphatic hydroxyl groups is 2. The summed E-state index contributed by atoms with van der Waals surface area (Å²) in [6.45, 7) is -1.53. The highest BCUT2D eigenvalue weighted by atomic mass is 31.2. The van der Waals surface area contributed by atoms with Gasteiger partial charge in [0.05, 0.1) is 6.61 Å². The Hall–Kier alpha value is -0.440. The molecule has 0 spiro atoms. The van der Waals surface area contributed by atoms with Crippen molar-refractivity contribution in [3.05, 3.63) is 11.5 Å². The van der Waals surface area contributed by atoms with Crippen LogP contribution in [0, 0.1) is 0 Å². The second kappa shape index (κ2) is 6.48. The van der Waals surface area contributed by atoms with Crippen LogP contribution in [0.2, 0.25) is 0 Å². The van der Waals surface area contributed by atoms with Gasteiger partial charge >= 0.3 is 15.6 Å². The van der Waals surface area contributed by atoms with Crippen molar-refractivity contribution in [2.45, 2.75) is 6.42 Å². The Kier molecular flexibility index (Phi) is 6.31. The SMILES string of the molecule is O=P(O)(O)OCC/C(O)=C(\O)COP(=O)(O)O. The maximum absolute atomic E-state index is 10.2. The maximum atomic E-state index is 10.2. The van der Waals surface area contributed by atoms with E-state index in [2.05, 4.69) is 9.05 Å². The fourth-order valence-electron chi connectivity index (χ4n) is 0.634. The first kappa shape index (κ1) is 16.6. The van der Waals surface area contributed by atoms with Gasteiger partial charge in [0, 0.05) is 6.42 Å². The molecule has 0 aliphatic rings. The fraction of sp³-hybridized carbons (Fsp3) is 0.600. The van der Waals surface area contributed by atoms with Crippen LogP contribution in [0.25, 0.3) is 0 Å². The lowest BCUT2D eigenvalue weighted by Crippen LogP contribution is -2.02. The van der Waals surface area contributed by atoms with Crippen molar-refractivity contribution in [1.29, 1.82) is 0 Å². The van der Waals surface area contributed by atoms with Crippen LogP contribution in [0.15, 0.2) is 11.5 Å². The molecule has 0 fully saturated rings. The molecule has 0 saturated carbocycles. The van der Waals surface area contributed by atoms with Gasteiger partial charge < -0.3 is 29.8 Å². The Morgan fingerprint density at radius 3 is 1.76 bits per heavy atom. The predicted molar refractivity (Wildman–Crippen MR) is 52.9 cm³/mol. The molecule has 0 rings (SSSR count). The van der Waals surface area contributed by atoms with Gasteiger partial charge in [-0.3, -0.25) is 9.05 Å². The third-order valence-corrected chi connectivity index (χ3v) is 2.29. The lowest BCUT2D eigenvalue weighted by atomic mass is 10.3. The Morgan fingerprint density at radius 2 is 1.35 bits per heavy atom. The summed E-state index contributed by atoms with van der Waals surface area (Å²) in [7, 11) is -9.44. The molecule has 17 heavy (non-hydrogen) atoms. The van der Waals surface area contributed by atoms with E-state index >= 15 is 0 Å². The molecule has 6 N–H and O–H groups in total. The van der Waals surface area contributed by atoms with Gasteiger partial charge in [0.2, 0.25) is 0 Å². The van der Waals surface area contributed by atoms with Crippen LogP contribution in [0.5, 0.6) is 0 Å². The molecule has 0 amide bonds. The number of hydrogen-bond acceptors (Lipinski definition) is 6. The van der Waals surface area contributed by atoms with E-state index in [4.69, 9.17) is 29.8 Å². The van der Waals surface area contributed by atoms with E-state index in [0.717, 1.165) is 0 Å². The van der Waals surface area contributed by atoms with Crippen molar-refractivity contribution in [3.8, 4) is 0 Å². The molecule has 10 nitrogen and oxygen atoms in total. The lowest BCUT2D eigenvalue weighted by Gasteiger charge is -2.08. The highest BCUT2D eigenvalue weighted by molar-refractivity contribution is 7.46. The summed E-state index contributed by atoms with van der Waals surface area (Å²) in [4.78, 5) is 33.1. The van der Waals surface area contributed by atoms with Crippen LogP contribution in [-0.4, -0.2) is 43.0 Å². The van der Waals surface area contributed by atoms with Gasteiger partial charge in [0.15, 0.2) is 5.76 Å². The fourth-order valence-corrected chi connectivity index (χ4v) is 1.25. The zero-order valence-electron chi connectivity index (χ0n) is 8.33. The van der Waals surface area contributed by atoms with Gasteiger partial charge in [-0.25, -0.2) is 9.13 Å². The second-order valence-corrected chi connectivity index (χ2v) is 5.21. The van der Waals surface area contributed by atoms with E-state index in [0.29, 0.717) is 0 Å². The Bertz CT molecular complexity index is 363. The van der Waals surface area contributed by atoms with Gasteiger partial charge in [0.1, 0.15) is 12.4 Å². The molecule has 0 aromatic heterocycles. The normalized spacial score (nSPS) is 14.6. The van der Waals surface area contributed by atoms with Crippen molar-refractivity contribution >= 4 is 15.6 Å². The summed E-state index contributed by atoms with van der Waals surface area (Å²) >= 11 is 0. The van der Waals surface area contributed by atoms with Gasteiger partial charge in [0.25, 0.3) is 0 Å². The Morgan fingerprint density at radius 1 is 0.882 bits per heavy atom. The van der Waals surface area contributed by atoms with Gasteiger partial charge in [-0.1, -0.05) is 0 Å². The van der Waals surface area contributed by atoms with Crippen molar-refractivity contribution in [2.75, 3.05) is 13.2 Å². The highest BCUT2D eigenvalue weighted by Crippen LogP contribution is 2.37. The van der Waals surface area contributed by atoms with Crippen LogP contribution in [0.1, 0.15) is 6.42 Å². The third kappa shape index (κ3) is 10.4. The Labute approximate surface area is 95.6 Å². The van der Waals surface area contributed by atoms with Crippen molar-refractivity contribution in [2.24, 2.45) is 0 Å². The minimum absolute atomic E-state index is 0.457. The third-order valence-electron chi connectivity index (χ3n) is 1.30. The number of phosphoric ester groups is 2. The van der Waals surface area contributed by atoms with Crippen molar-refractivity contribution in [1.82, 2.24) is 0 Å². The zero-order chi connectivity index (χ0) is 13.7. The van der Waals surface area contributed by atoms with Crippen LogP contribution in [-0.2, 0) is 18.2 Å². The standard InChI is InChI=1S/C5H12O10P2/c6-4(1-2-14-16(8,9)10)5(7)3-15-17(11,12)13/h6-7H,1-3H2,(H2,8,9,10)(H2,11,12,13)/b5-4+. The average molecular weight is 294 g/mol. The van der Waals surface area contributed by atoms with Crippen molar-refractivity contribution in [3.63, 3.8) is 0 Å². The molecule has 0 unspecified atom stereocenters. The van der Waals surface area contributed by atoms with Crippen LogP contribution < -0.4 is 0 Å². The largest absolute Gasteiger partial charge is 0.509 e.